The minimum Gasteiger partial charge on any atom is -0.507 e. The number of benzene rings is 1. The summed E-state index contributed by atoms with van der Waals surface area (Å²) in [7, 11) is 0. The number of nitrogens with zero attached hydrogens (tertiary/aromatic N) is 1. The lowest BCUT2D eigenvalue weighted by Gasteiger charge is -2.54. The predicted molar refractivity (Wildman–Crippen MR) is 85.4 cm³/mol. The van der Waals surface area contributed by atoms with Crippen LogP contribution in [0.5, 0.6) is 5.75 Å². The van der Waals surface area contributed by atoms with Crippen LogP contribution in [0.1, 0.15) is 61.0 Å². The maximum atomic E-state index is 12.7. The average molecular weight is 303 g/mol. The molecule has 0 atom stereocenters. The van der Waals surface area contributed by atoms with Crippen LogP contribution in [0.2, 0.25) is 0 Å². The first-order valence-corrected chi connectivity index (χ1v) is 8.07. The van der Waals surface area contributed by atoms with Crippen molar-refractivity contribution < 1.29 is 14.6 Å². The van der Waals surface area contributed by atoms with Gasteiger partial charge in [-0.05, 0) is 35.1 Å². The Morgan fingerprint density at radius 2 is 1.64 bits per heavy atom. The van der Waals surface area contributed by atoms with Gasteiger partial charge in [0.1, 0.15) is 5.75 Å². The van der Waals surface area contributed by atoms with E-state index in [4.69, 9.17) is 4.74 Å². The number of aromatic hydroxyl groups is 1. The number of hydrogen-bond donors (Lipinski definition) is 1. The van der Waals surface area contributed by atoms with E-state index in [1.165, 1.54) is 0 Å². The number of ether oxygens (including phenoxy) is 1. The average Bonchev–Trinajstić information content (AvgIpc) is 2.34. The molecule has 1 aromatic carbocycles. The minimum atomic E-state index is 0.0707. The van der Waals surface area contributed by atoms with Gasteiger partial charge in [-0.1, -0.05) is 27.7 Å². The molecule has 120 valence electrons. The SMILES string of the molecule is CC(C)c1cc(C(=O)N2CC3(COC3)C2)cc(C(C)C)c1O. The van der Waals surface area contributed by atoms with Gasteiger partial charge in [0.2, 0.25) is 0 Å². The zero-order valence-electron chi connectivity index (χ0n) is 13.8. The van der Waals surface area contributed by atoms with Crippen molar-refractivity contribution in [3.8, 4) is 5.75 Å². The fourth-order valence-electron chi connectivity index (χ4n) is 3.35. The van der Waals surface area contributed by atoms with Gasteiger partial charge < -0.3 is 14.7 Å². The molecule has 4 heteroatoms. The van der Waals surface area contributed by atoms with Crippen LogP contribution in [0.4, 0.5) is 0 Å². The van der Waals surface area contributed by atoms with Crippen molar-refractivity contribution in [1.82, 2.24) is 4.90 Å². The normalized spacial score (nSPS) is 19.5. The summed E-state index contributed by atoms with van der Waals surface area (Å²) in [6.45, 7) is 11.3. The molecule has 0 saturated carbocycles. The predicted octanol–water partition coefficient (Wildman–Crippen LogP) is 3.11. The zero-order valence-corrected chi connectivity index (χ0v) is 13.8. The Morgan fingerprint density at radius 3 is 2.00 bits per heavy atom. The highest BCUT2D eigenvalue weighted by molar-refractivity contribution is 5.95. The van der Waals surface area contributed by atoms with Gasteiger partial charge in [0.05, 0.1) is 18.6 Å². The third-order valence-corrected chi connectivity index (χ3v) is 4.82. The van der Waals surface area contributed by atoms with Gasteiger partial charge in [-0.15, -0.1) is 0 Å². The lowest BCUT2D eigenvalue weighted by atomic mass is 9.77. The molecule has 3 rings (SSSR count). The Morgan fingerprint density at radius 1 is 1.14 bits per heavy atom. The number of hydrogen-bond acceptors (Lipinski definition) is 3. The van der Waals surface area contributed by atoms with Crippen molar-refractivity contribution in [2.75, 3.05) is 26.3 Å². The highest BCUT2D eigenvalue weighted by atomic mass is 16.5. The van der Waals surface area contributed by atoms with E-state index >= 15 is 0 Å². The summed E-state index contributed by atoms with van der Waals surface area (Å²) in [4.78, 5) is 14.6. The summed E-state index contributed by atoms with van der Waals surface area (Å²) in [5, 5.41) is 10.4. The van der Waals surface area contributed by atoms with E-state index in [-0.39, 0.29) is 23.2 Å². The van der Waals surface area contributed by atoms with Gasteiger partial charge in [-0.3, -0.25) is 4.79 Å². The van der Waals surface area contributed by atoms with Crippen LogP contribution in [0.25, 0.3) is 0 Å². The monoisotopic (exact) mass is 303 g/mol. The molecule has 2 aliphatic rings. The first-order chi connectivity index (χ1) is 10.3. The van der Waals surface area contributed by atoms with E-state index in [1.54, 1.807) is 0 Å². The van der Waals surface area contributed by atoms with Crippen LogP contribution >= 0.6 is 0 Å². The van der Waals surface area contributed by atoms with Crippen LogP contribution in [0, 0.1) is 5.41 Å². The second-order valence-electron chi connectivity index (χ2n) is 7.47. The lowest BCUT2D eigenvalue weighted by Crippen LogP contribution is -2.67. The molecule has 1 amide bonds. The van der Waals surface area contributed by atoms with Gasteiger partial charge in [-0.2, -0.15) is 0 Å². The quantitative estimate of drug-likeness (QED) is 0.933. The van der Waals surface area contributed by atoms with Crippen LogP contribution in [-0.2, 0) is 4.74 Å². The third-order valence-electron chi connectivity index (χ3n) is 4.82. The van der Waals surface area contributed by atoms with Crippen molar-refractivity contribution in [1.29, 1.82) is 0 Å². The topological polar surface area (TPSA) is 49.8 Å². The molecular formula is C18H25NO3. The molecule has 22 heavy (non-hydrogen) atoms. The largest absolute Gasteiger partial charge is 0.507 e. The number of carbonyl (C=O) groups excluding carboxylic acids is 1. The van der Waals surface area contributed by atoms with Gasteiger partial charge in [-0.25, -0.2) is 0 Å². The Bertz CT molecular complexity index is 565. The van der Waals surface area contributed by atoms with Gasteiger partial charge in [0, 0.05) is 18.7 Å². The molecule has 1 N–H and O–H groups in total. The number of carbonyl (C=O) groups is 1. The highest BCUT2D eigenvalue weighted by Gasteiger charge is 2.50. The molecule has 1 spiro atoms. The van der Waals surface area contributed by atoms with Crippen molar-refractivity contribution in [2.45, 2.75) is 39.5 Å². The molecule has 4 nitrogen and oxygen atoms in total. The van der Waals surface area contributed by atoms with Crippen molar-refractivity contribution in [3.63, 3.8) is 0 Å². The Labute approximate surface area is 132 Å². The van der Waals surface area contributed by atoms with Gasteiger partial charge in [0.15, 0.2) is 0 Å². The second-order valence-corrected chi connectivity index (χ2v) is 7.47. The van der Waals surface area contributed by atoms with Crippen molar-refractivity contribution in [2.24, 2.45) is 5.41 Å². The molecular weight excluding hydrogens is 278 g/mol. The standard InChI is InChI=1S/C18H25NO3/c1-11(2)14-5-13(6-15(12(3)4)16(14)20)17(21)19-7-18(8-19)9-22-10-18/h5-6,11-12,20H,7-10H2,1-4H3. The molecule has 2 aliphatic heterocycles. The van der Waals surface area contributed by atoms with Gasteiger partial charge in [0.25, 0.3) is 5.91 Å². The Hall–Kier alpha value is -1.55. The lowest BCUT2D eigenvalue weighted by molar-refractivity contribution is -0.176. The van der Waals surface area contributed by atoms with E-state index < -0.39 is 0 Å². The summed E-state index contributed by atoms with van der Waals surface area (Å²) in [5.41, 5.74) is 2.64. The van der Waals surface area contributed by atoms with E-state index in [1.807, 2.05) is 44.7 Å². The zero-order chi connectivity index (χ0) is 16.1. The van der Waals surface area contributed by atoms with Crippen molar-refractivity contribution in [3.05, 3.63) is 28.8 Å². The molecule has 2 heterocycles. The molecule has 1 aromatic rings. The summed E-state index contributed by atoms with van der Waals surface area (Å²) in [6, 6.07) is 3.72. The number of phenolic OH excluding ortho intramolecular Hbond substituents is 1. The first kappa shape index (κ1) is 15.3. The molecule has 0 aliphatic carbocycles. The summed E-state index contributed by atoms with van der Waals surface area (Å²) >= 11 is 0. The molecule has 2 saturated heterocycles. The maximum Gasteiger partial charge on any atom is 0.253 e. The number of rotatable bonds is 3. The highest BCUT2D eigenvalue weighted by Crippen LogP contribution is 2.40. The van der Waals surface area contributed by atoms with Gasteiger partial charge >= 0.3 is 0 Å². The molecule has 0 unspecified atom stereocenters. The fraction of sp³-hybridized carbons (Fsp3) is 0.611. The van der Waals surface area contributed by atoms with Crippen LogP contribution < -0.4 is 0 Å². The number of amides is 1. The summed E-state index contributed by atoms with van der Waals surface area (Å²) in [6.07, 6.45) is 0. The van der Waals surface area contributed by atoms with Crippen LogP contribution in [0.3, 0.4) is 0 Å². The minimum absolute atomic E-state index is 0.0707. The Kier molecular flexibility index (Phi) is 3.68. The summed E-state index contributed by atoms with van der Waals surface area (Å²) in [5.74, 6) is 0.788. The molecule has 2 fully saturated rings. The molecule has 0 bridgehead atoms. The first-order valence-electron chi connectivity index (χ1n) is 8.07. The third kappa shape index (κ3) is 2.39. The van der Waals surface area contributed by atoms with E-state index in [0.29, 0.717) is 11.3 Å². The van der Waals surface area contributed by atoms with E-state index in [0.717, 1.165) is 37.4 Å². The number of phenols is 1. The smallest absolute Gasteiger partial charge is 0.253 e. The number of likely N-dealkylation sites (tertiary alicyclic amines) is 1. The maximum absolute atomic E-state index is 12.7. The van der Waals surface area contributed by atoms with E-state index in [2.05, 4.69) is 0 Å². The molecule has 0 radical (unpaired) electrons. The van der Waals surface area contributed by atoms with Crippen molar-refractivity contribution >= 4 is 5.91 Å². The molecule has 0 aromatic heterocycles. The second kappa shape index (κ2) is 5.27. The summed E-state index contributed by atoms with van der Waals surface area (Å²) < 4.78 is 5.26. The van der Waals surface area contributed by atoms with E-state index in [9.17, 15) is 9.90 Å². The fourth-order valence-corrected chi connectivity index (χ4v) is 3.35. The van der Waals surface area contributed by atoms with Crippen LogP contribution in [0.15, 0.2) is 12.1 Å². The Balaban J connectivity index is 1.88. The van der Waals surface area contributed by atoms with Crippen LogP contribution in [-0.4, -0.2) is 42.2 Å².